The Morgan fingerprint density at radius 1 is 0.818 bits per heavy atom. The largest absolute Gasteiger partial charge is 0.480 e. The molecule has 0 bridgehead atoms. The highest BCUT2D eigenvalue weighted by Crippen LogP contribution is 2.12. The average Bonchev–Trinajstić information content (AvgIpc) is 2.75. The second-order valence-electron chi connectivity index (χ2n) is 8.41. The van der Waals surface area contributed by atoms with E-state index >= 15 is 0 Å². The molecule has 190 valence electrons. The molecule has 0 spiro atoms. The first-order valence-corrected chi connectivity index (χ1v) is 11.1. The molecule has 0 fully saturated rings. The normalized spacial score (nSPS) is 17.4. The van der Waals surface area contributed by atoms with Crippen molar-refractivity contribution < 1.29 is 34.2 Å². The van der Waals surface area contributed by atoms with Crippen molar-refractivity contribution in [2.24, 2.45) is 23.3 Å². The second-order valence-corrected chi connectivity index (χ2v) is 8.41. The number of primary amides is 1. The van der Waals surface area contributed by atoms with E-state index in [2.05, 4.69) is 16.0 Å². The fraction of sp³-hybridized carbons (Fsp3) is 0.762. The molecule has 0 aromatic heterocycles. The number of hydrogen-bond acceptors (Lipinski definition) is 7. The van der Waals surface area contributed by atoms with Gasteiger partial charge in [0.1, 0.15) is 12.1 Å². The first-order valence-electron chi connectivity index (χ1n) is 11.1. The fourth-order valence-corrected chi connectivity index (χ4v) is 2.92. The van der Waals surface area contributed by atoms with Gasteiger partial charge < -0.3 is 37.6 Å². The fourth-order valence-electron chi connectivity index (χ4n) is 2.92. The SMILES string of the molecule is CCC(C)C(N)C(=O)NC(C(=O)NC(CCC(N)=O)C(=O)NC(C(=O)O)C(C)O)C(C)CC. The molecule has 0 aliphatic rings. The van der Waals surface area contributed by atoms with Gasteiger partial charge in [-0.15, -0.1) is 0 Å². The van der Waals surface area contributed by atoms with Crippen molar-refractivity contribution in [2.45, 2.75) is 90.6 Å². The Balaban J connectivity index is 5.66. The van der Waals surface area contributed by atoms with Gasteiger partial charge in [0, 0.05) is 6.42 Å². The number of aliphatic carboxylic acids is 1. The predicted octanol–water partition coefficient (Wildman–Crippen LogP) is -1.41. The topological polar surface area (TPSA) is 214 Å². The zero-order chi connectivity index (χ0) is 25.9. The summed E-state index contributed by atoms with van der Waals surface area (Å²) in [6, 6.07) is -4.79. The Morgan fingerprint density at radius 2 is 1.33 bits per heavy atom. The first kappa shape index (κ1) is 30.3. The second kappa shape index (κ2) is 14.4. The molecular weight excluding hydrogens is 434 g/mol. The van der Waals surface area contributed by atoms with Gasteiger partial charge in [0.25, 0.3) is 0 Å². The van der Waals surface area contributed by atoms with E-state index in [9.17, 15) is 34.2 Å². The third-order valence-corrected chi connectivity index (χ3v) is 5.71. The van der Waals surface area contributed by atoms with Gasteiger partial charge in [0.05, 0.1) is 12.1 Å². The van der Waals surface area contributed by atoms with Crippen LogP contribution in [0.15, 0.2) is 0 Å². The number of rotatable bonds is 15. The maximum Gasteiger partial charge on any atom is 0.328 e. The number of hydrogen-bond donors (Lipinski definition) is 7. The van der Waals surface area contributed by atoms with Crippen molar-refractivity contribution >= 4 is 29.6 Å². The molecule has 0 saturated heterocycles. The van der Waals surface area contributed by atoms with Crippen molar-refractivity contribution in [1.82, 2.24) is 16.0 Å². The number of carboxylic acids is 1. The standard InChI is InChI=1S/C21H39N5O7/c1-6-10(3)15(23)19(30)25-16(11(4)7-2)20(31)24-13(8-9-14(22)28)18(29)26-17(12(5)27)21(32)33/h10-13,15-17,27H,6-9,23H2,1-5H3,(H2,22,28)(H,24,31)(H,25,30)(H,26,29)(H,32,33). The lowest BCUT2D eigenvalue weighted by molar-refractivity contribution is -0.145. The number of nitrogens with two attached hydrogens (primary N) is 2. The minimum Gasteiger partial charge on any atom is -0.480 e. The summed E-state index contributed by atoms with van der Waals surface area (Å²) in [4.78, 5) is 60.8. The molecule has 0 aliphatic carbocycles. The Labute approximate surface area is 194 Å². The third-order valence-electron chi connectivity index (χ3n) is 5.71. The minimum atomic E-state index is -1.62. The molecular formula is C21H39N5O7. The Bertz CT molecular complexity index is 700. The van der Waals surface area contributed by atoms with Crippen molar-refractivity contribution in [1.29, 1.82) is 0 Å². The van der Waals surface area contributed by atoms with Crippen LogP contribution in [0.25, 0.3) is 0 Å². The van der Waals surface area contributed by atoms with Crippen LogP contribution in [-0.2, 0) is 24.0 Å². The Hall–Kier alpha value is -2.73. The zero-order valence-corrected chi connectivity index (χ0v) is 20.0. The lowest BCUT2D eigenvalue weighted by Crippen LogP contribution is -2.60. The number of carboxylic acid groups (broad SMARTS) is 1. The summed E-state index contributed by atoms with van der Waals surface area (Å²) < 4.78 is 0. The number of aliphatic hydroxyl groups is 1. The molecule has 7 atom stereocenters. The highest BCUT2D eigenvalue weighted by atomic mass is 16.4. The summed E-state index contributed by atoms with van der Waals surface area (Å²) in [5, 5.41) is 26.0. The van der Waals surface area contributed by atoms with Crippen LogP contribution in [0.4, 0.5) is 0 Å². The van der Waals surface area contributed by atoms with Gasteiger partial charge >= 0.3 is 5.97 Å². The van der Waals surface area contributed by atoms with Crippen LogP contribution in [0.3, 0.4) is 0 Å². The molecule has 4 amide bonds. The van der Waals surface area contributed by atoms with Gasteiger partial charge in [-0.1, -0.05) is 40.5 Å². The van der Waals surface area contributed by atoms with E-state index in [1.165, 1.54) is 6.92 Å². The molecule has 0 saturated carbocycles. The third kappa shape index (κ3) is 10.2. The van der Waals surface area contributed by atoms with Crippen molar-refractivity contribution in [3.63, 3.8) is 0 Å². The van der Waals surface area contributed by atoms with E-state index in [1.54, 1.807) is 6.92 Å². The molecule has 12 nitrogen and oxygen atoms in total. The molecule has 0 aromatic rings. The monoisotopic (exact) mass is 473 g/mol. The minimum absolute atomic E-state index is 0.117. The van der Waals surface area contributed by atoms with Crippen LogP contribution in [-0.4, -0.2) is 70.1 Å². The smallest absolute Gasteiger partial charge is 0.328 e. The summed E-state index contributed by atoms with van der Waals surface area (Å²) >= 11 is 0. The summed E-state index contributed by atoms with van der Waals surface area (Å²) in [5.74, 6) is -4.75. The van der Waals surface area contributed by atoms with Crippen LogP contribution in [0.2, 0.25) is 0 Å². The van der Waals surface area contributed by atoms with E-state index in [0.29, 0.717) is 12.8 Å². The lowest BCUT2D eigenvalue weighted by Gasteiger charge is -2.29. The maximum atomic E-state index is 13.0. The molecule has 0 rings (SSSR count). The zero-order valence-electron chi connectivity index (χ0n) is 20.0. The van der Waals surface area contributed by atoms with Crippen LogP contribution in [0.1, 0.15) is 60.3 Å². The predicted molar refractivity (Wildman–Crippen MR) is 120 cm³/mol. The van der Waals surface area contributed by atoms with E-state index in [0.717, 1.165) is 0 Å². The van der Waals surface area contributed by atoms with Crippen molar-refractivity contribution in [3.8, 4) is 0 Å². The van der Waals surface area contributed by atoms with E-state index in [4.69, 9.17) is 11.5 Å². The number of aliphatic hydroxyl groups excluding tert-OH is 1. The Kier molecular flexibility index (Phi) is 13.2. The van der Waals surface area contributed by atoms with Crippen LogP contribution < -0.4 is 27.4 Å². The van der Waals surface area contributed by atoms with Gasteiger partial charge in [-0.3, -0.25) is 19.2 Å². The van der Waals surface area contributed by atoms with Crippen LogP contribution >= 0.6 is 0 Å². The van der Waals surface area contributed by atoms with E-state index in [-0.39, 0.29) is 24.7 Å². The van der Waals surface area contributed by atoms with Gasteiger partial charge in [0.2, 0.25) is 23.6 Å². The maximum absolute atomic E-state index is 13.0. The van der Waals surface area contributed by atoms with Crippen LogP contribution in [0.5, 0.6) is 0 Å². The van der Waals surface area contributed by atoms with Gasteiger partial charge in [0.15, 0.2) is 6.04 Å². The molecule has 12 heteroatoms. The lowest BCUT2D eigenvalue weighted by atomic mass is 9.95. The number of carbonyl (C=O) groups is 5. The quantitative estimate of drug-likeness (QED) is 0.150. The van der Waals surface area contributed by atoms with Crippen molar-refractivity contribution in [3.05, 3.63) is 0 Å². The molecule has 9 N–H and O–H groups in total. The molecule has 0 aliphatic heterocycles. The van der Waals surface area contributed by atoms with E-state index in [1.807, 2.05) is 20.8 Å². The van der Waals surface area contributed by atoms with Crippen LogP contribution in [0, 0.1) is 11.8 Å². The molecule has 7 unspecified atom stereocenters. The summed E-state index contributed by atoms with van der Waals surface area (Å²) in [7, 11) is 0. The number of carbonyl (C=O) groups excluding carboxylic acids is 4. The summed E-state index contributed by atoms with van der Waals surface area (Å²) in [6.45, 7) is 8.45. The van der Waals surface area contributed by atoms with E-state index < -0.39 is 59.9 Å². The van der Waals surface area contributed by atoms with Gasteiger partial charge in [-0.05, 0) is 25.2 Å². The summed E-state index contributed by atoms with van der Waals surface area (Å²) in [5.41, 5.74) is 11.1. The molecule has 0 aromatic carbocycles. The highest BCUT2D eigenvalue weighted by Gasteiger charge is 2.34. The number of amides is 4. The Morgan fingerprint density at radius 3 is 1.76 bits per heavy atom. The number of nitrogens with one attached hydrogen (secondary N) is 3. The average molecular weight is 474 g/mol. The first-order chi connectivity index (χ1) is 15.3. The molecule has 33 heavy (non-hydrogen) atoms. The van der Waals surface area contributed by atoms with Crippen molar-refractivity contribution in [2.75, 3.05) is 0 Å². The summed E-state index contributed by atoms with van der Waals surface area (Å²) in [6.07, 6.45) is -0.680. The van der Waals surface area contributed by atoms with Gasteiger partial charge in [-0.2, -0.15) is 0 Å². The molecule has 0 radical (unpaired) electrons. The molecule has 0 heterocycles. The van der Waals surface area contributed by atoms with Gasteiger partial charge in [-0.25, -0.2) is 4.79 Å². The highest BCUT2D eigenvalue weighted by molar-refractivity contribution is 5.94.